The molecule has 1 saturated carbocycles. The highest BCUT2D eigenvalue weighted by Gasteiger charge is 2.42. The summed E-state index contributed by atoms with van der Waals surface area (Å²) in [6.45, 7) is 1.93. The molecule has 0 radical (unpaired) electrons. The van der Waals surface area contributed by atoms with Crippen molar-refractivity contribution in [2.45, 2.75) is 13.3 Å². The van der Waals surface area contributed by atoms with Crippen LogP contribution in [0.3, 0.4) is 0 Å². The summed E-state index contributed by atoms with van der Waals surface area (Å²) in [6, 6.07) is 10.6. The number of benzene rings is 2. The molecule has 6 heteroatoms. The van der Waals surface area contributed by atoms with Crippen LogP contribution in [0.25, 0.3) is 21.3 Å². The summed E-state index contributed by atoms with van der Waals surface area (Å²) in [6.07, 6.45) is 0.726. The van der Waals surface area contributed by atoms with Crippen LogP contribution in [-0.2, 0) is 4.79 Å². The first-order valence-corrected chi connectivity index (χ1v) is 8.96. The van der Waals surface area contributed by atoms with Crippen molar-refractivity contribution in [1.82, 2.24) is 4.98 Å². The largest absolute Gasteiger partial charge is 0.396 e. The lowest BCUT2D eigenvalue weighted by Crippen LogP contribution is -2.15. The maximum atomic E-state index is 14.2. The zero-order valence-electron chi connectivity index (χ0n) is 13.6. The van der Waals surface area contributed by atoms with Crippen molar-refractivity contribution >= 4 is 32.6 Å². The molecule has 1 aromatic heterocycles. The Morgan fingerprint density at radius 2 is 2.24 bits per heavy atom. The van der Waals surface area contributed by atoms with E-state index >= 15 is 0 Å². The maximum Gasteiger partial charge on any atom is 0.229 e. The molecule has 4 nitrogen and oxygen atoms in total. The van der Waals surface area contributed by atoms with E-state index in [9.17, 15) is 9.18 Å². The second-order valence-corrected chi connectivity index (χ2v) is 7.44. The Morgan fingerprint density at radius 1 is 1.40 bits per heavy atom. The van der Waals surface area contributed by atoms with Crippen molar-refractivity contribution in [1.29, 1.82) is 0 Å². The molecule has 0 bridgehead atoms. The molecule has 1 unspecified atom stereocenters. The van der Waals surface area contributed by atoms with Gasteiger partial charge in [0, 0.05) is 18.1 Å². The van der Waals surface area contributed by atoms with Gasteiger partial charge in [0.25, 0.3) is 0 Å². The van der Waals surface area contributed by atoms with Crippen LogP contribution in [0.5, 0.6) is 0 Å². The summed E-state index contributed by atoms with van der Waals surface area (Å²) in [5.41, 5.74) is 3.04. The second-order valence-electron chi connectivity index (χ2n) is 6.41. The fourth-order valence-corrected chi connectivity index (χ4v) is 4.01. The summed E-state index contributed by atoms with van der Waals surface area (Å²) in [7, 11) is 0. The molecule has 1 aliphatic carbocycles. The zero-order valence-corrected chi connectivity index (χ0v) is 14.4. The van der Waals surface area contributed by atoms with E-state index in [4.69, 9.17) is 5.11 Å². The molecule has 1 aliphatic rings. The number of anilines is 1. The average Bonchev–Trinajstić information content (AvgIpc) is 3.27. The lowest BCUT2D eigenvalue weighted by Gasteiger charge is -2.07. The molecule has 128 valence electrons. The first-order valence-electron chi connectivity index (χ1n) is 8.14. The Kier molecular flexibility index (Phi) is 4.01. The molecule has 2 N–H and O–H groups in total. The molecule has 0 spiro atoms. The van der Waals surface area contributed by atoms with Crippen molar-refractivity contribution < 1.29 is 14.3 Å². The highest BCUT2D eigenvalue weighted by molar-refractivity contribution is 7.22. The molecule has 2 atom stereocenters. The average molecular weight is 356 g/mol. The van der Waals surface area contributed by atoms with E-state index in [0.717, 1.165) is 27.8 Å². The van der Waals surface area contributed by atoms with Crippen molar-refractivity contribution in [3.63, 3.8) is 0 Å². The van der Waals surface area contributed by atoms with Crippen LogP contribution in [0.4, 0.5) is 9.52 Å². The predicted molar refractivity (Wildman–Crippen MR) is 97.1 cm³/mol. The summed E-state index contributed by atoms with van der Waals surface area (Å²) in [5, 5.41) is 12.4. The number of hydrogen-bond donors (Lipinski definition) is 2. The van der Waals surface area contributed by atoms with Crippen LogP contribution in [0, 0.1) is 24.6 Å². The minimum absolute atomic E-state index is 0.0449. The standard InChI is InChI=1S/C19H17FN2O2S/c1-10-3-2-4-14(20)17(10)11-5-6-15-16(8-11)25-19(21-15)22-18(24)13-7-12(13)9-23/h2-6,8,12-13,23H,7,9H2,1H3,(H,21,22,24)/t12-,13?/m0/s1. The highest BCUT2D eigenvalue weighted by Crippen LogP contribution is 2.39. The van der Waals surface area contributed by atoms with Gasteiger partial charge >= 0.3 is 0 Å². The van der Waals surface area contributed by atoms with Gasteiger partial charge in [-0.1, -0.05) is 29.5 Å². The smallest absolute Gasteiger partial charge is 0.229 e. The molecule has 0 saturated heterocycles. The third-order valence-electron chi connectivity index (χ3n) is 4.62. The minimum Gasteiger partial charge on any atom is -0.396 e. The molecule has 3 aromatic rings. The van der Waals surface area contributed by atoms with Gasteiger partial charge in [0.1, 0.15) is 5.82 Å². The van der Waals surface area contributed by atoms with Crippen molar-refractivity contribution in [2.75, 3.05) is 11.9 Å². The first kappa shape index (κ1) is 16.2. The van der Waals surface area contributed by atoms with Crippen LogP contribution in [0.2, 0.25) is 0 Å². The lowest BCUT2D eigenvalue weighted by molar-refractivity contribution is -0.117. The molecule has 1 amide bonds. The van der Waals surface area contributed by atoms with Crippen LogP contribution in [0.15, 0.2) is 36.4 Å². The predicted octanol–water partition coefficient (Wildman–Crippen LogP) is 3.98. The molecule has 0 aliphatic heterocycles. The van der Waals surface area contributed by atoms with Gasteiger partial charge in [-0.05, 0) is 48.6 Å². The monoisotopic (exact) mass is 356 g/mol. The van der Waals surface area contributed by atoms with Crippen molar-refractivity contribution in [3.05, 3.63) is 47.8 Å². The Hall–Kier alpha value is -2.31. The van der Waals surface area contributed by atoms with E-state index in [1.807, 2.05) is 31.2 Å². The third-order valence-corrected chi connectivity index (χ3v) is 5.56. The van der Waals surface area contributed by atoms with Gasteiger partial charge < -0.3 is 10.4 Å². The van der Waals surface area contributed by atoms with E-state index in [-0.39, 0.29) is 30.2 Å². The van der Waals surface area contributed by atoms with Gasteiger partial charge in [0.15, 0.2) is 5.13 Å². The van der Waals surface area contributed by atoms with Gasteiger partial charge in [0.2, 0.25) is 5.91 Å². The molecular formula is C19H17FN2O2S. The van der Waals surface area contributed by atoms with Crippen molar-refractivity contribution in [3.8, 4) is 11.1 Å². The Labute approximate surface area is 148 Å². The van der Waals surface area contributed by atoms with Crippen LogP contribution < -0.4 is 5.32 Å². The lowest BCUT2D eigenvalue weighted by atomic mass is 10.00. The van der Waals surface area contributed by atoms with Gasteiger partial charge in [-0.3, -0.25) is 4.79 Å². The number of carbonyl (C=O) groups is 1. The minimum atomic E-state index is -0.249. The number of hydrogen-bond acceptors (Lipinski definition) is 4. The number of aliphatic hydroxyl groups is 1. The summed E-state index contributed by atoms with van der Waals surface area (Å²) >= 11 is 1.37. The summed E-state index contributed by atoms with van der Waals surface area (Å²) in [5.74, 6) is -0.386. The molecule has 1 heterocycles. The third kappa shape index (κ3) is 3.03. The number of amides is 1. The number of carbonyl (C=O) groups excluding carboxylic acids is 1. The number of aryl methyl sites for hydroxylation is 1. The number of nitrogens with zero attached hydrogens (tertiary/aromatic N) is 1. The summed E-state index contributed by atoms with van der Waals surface area (Å²) < 4.78 is 15.1. The number of fused-ring (bicyclic) bond motifs is 1. The molecule has 2 aromatic carbocycles. The van der Waals surface area contributed by atoms with E-state index in [2.05, 4.69) is 10.3 Å². The van der Waals surface area contributed by atoms with E-state index in [1.165, 1.54) is 17.4 Å². The number of halogens is 1. The maximum absolute atomic E-state index is 14.2. The van der Waals surface area contributed by atoms with E-state index in [0.29, 0.717) is 10.7 Å². The molecule has 4 rings (SSSR count). The van der Waals surface area contributed by atoms with Gasteiger partial charge in [-0.2, -0.15) is 0 Å². The number of nitrogens with one attached hydrogen (secondary N) is 1. The zero-order chi connectivity index (χ0) is 17.6. The number of thiazole rings is 1. The van der Waals surface area contributed by atoms with Crippen LogP contribution >= 0.6 is 11.3 Å². The number of aliphatic hydroxyl groups excluding tert-OH is 1. The van der Waals surface area contributed by atoms with Gasteiger partial charge in [0.05, 0.1) is 10.2 Å². The topological polar surface area (TPSA) is 62.2 Å². The van der Waals surface area contributed by atoms with Gasteiger partial charge in [-0.25, -0.2) is 9.37 Å². The second kappa shape index (κ2) is 6.20. The van der Waals surface area contributed by atoms with Crippen molar-refractivity contribution in [2.24, 2.45) is 11.8 Å². The summed E-state index contributed by atoms with van der Waals surface area (Å²) in [4.78, 5) is 16.5. The van der Waals surface area contributed by atoms with Gasteiger partial charge in [-0.15, -0.1) is 0 Å². The number of aromatic nitrogens is 1. The number of rotatable bonds is 4. The fraction of sp³-hybridized carbons (Fsp3) is 0.263. The van der Waals surface area contributed by atoms with E-state index in [1.54, 1.807) is 6.07 Å². The fourth-order valence-electron chi connectivity index (χ4n) is 3.10. The van der Waals surface area contributed by atoms with Crippen LogP contribution in [-0.4, -0.2) is 22.6 Å². The SMILES string of the molecule is Cc1cccc(F)c1-c1ccc2nc(NC(=O)C3C[C@H]3CO)sc2c1. The Morgan fingerprint density at radius 3 is 2.96 bits per heavy atom. The molecule has 25 heavy (non-hydrogen) atoms. The highest BCUT2D eigenvalue weighted by atomic mass is 32.1. The Bertz CT molecular complexity index is 949. The van der Waals surface area contributed by atoms with E-state index < -0.39 is 0 Å². The normalized spacial score (nSPS) is 19.2. The first-order chi connectivity index (χ1) is 12.1. The molecular weight excluding hydrogens is 339 g/mol. The molecule has 1 fully saturated rings. The van der Waals surface area contributed by atoms with Crippen LogP contribution in [0.1, 0.15) is 12.0 Å². The Balaban J connectivity index is 1.63. The quantitative estimate of drug-likeness (QED) is 0.743.